The van der Waals surface area contributed by atoms with Gasteiger partial charge in [0.15, 0.2) is 11.6 Å². The molecule has 0 radical (unpaired) electrons. The van der Waals surface area contributed by atoms with Crippen molar-refractivity contribution >= 4 is 27.3 Å². The number of nitrogens with two attached hydrogens (primary N) is 1. The van der Waals surface area contributed by atoms with Gasteiger partial charge in [0.2, 0.25) is 0 Å². The van der Waals surface area contributed by atoms with Gasteiger partial charge in [-0.05, 0) is 30.3 Å². The third-order valence-electron chi connectivity index (χ3n) is 4.04. The number of hydrazine groups is 1. The van der Waals surface area contributed by atoms with Crippen molar-refractivity contribution in [3.63, 3.8) is 0 Å². The first kappa shape index (κ1) is 23.6. The first-order chi connectivity index (χ1) is 14.1. The van der Waals surface area contributed by atoms with E-state index in [0.29, 0.717) is 11.1 Å². The summed E-state index contributed by atoms with van der Waals surface area (Å²) in [5.74, 6) is -1.07. The van der Waals surface area contributed by atoms with Crippen molar-refractivity contribution in [3.05, 3.63) is 96.1 Å². The number of halogens is 7. The van der Waals surface area contributed by atoms with E-state index in [0.717, 1.165) is 36.4 Å². The van der Waals surface area contributed by atoms with Gasteiger partial charge >= 0.3 is 0 Å². The summed E-state index contributed by atoms with van der Waals surface area (Å²) in [6, 6.07) is 4.08. The molecule has 160 valence electrons. The Labute approximate surface area is 177 Å². The maximum absolute atomic E-state index is 14.4. The second-order valence-corrected chi connectivity index (χ2v) is 6.88. The van der Waals surface area contributed by atoms with E-state index in [1.54, 1.807) is 0 Å². The van der Waals surface area contributed by atoms with Crippen molar-refractivity contribution in [2.45, 2.75) is 11.0 Å². The van der Waals surface area contributed by atoms with E-state index in [1.165, 1.54) is 0 Å². The van der Waals surface area contributed by atoms with Gasteiger partial charge in [-0.3, -0.25) is 5.01 Å². The van der Waals surface area contributed by atoms with Gasteiger partial charge in [0.05, 0.1) is 6.04 Å². The zero-order chi connectivity index (χ0) is 22.6. The van der Waals surface area contributed by atoms with Crippen LogP contribution in [0.5, 0.6) is 0 Å². The highest BCUT2D eigenvalue weighted by atomic mass is 79.9. The summed E-state index contributed by atoms with van der Waals surface area (Å²) in [6.45, 7) is 6.20. The minimum absolute atomic E-state index is 0.486. The Bertz CT molecular complexity index is 954. The minimum Gasteiger partial charge on any atom is -0.370 e. The number of hydrogen-bond donors (Lipinski definition) is 2. The van der Waals surface area contributed by atoms with Gasteiger partial charge in [-0.25, -0.2) is 32.2 Å². The highest BCUT2D eigenvalue weighted by Crippen LogP contribution is 2.34. The summed E-state index contributed by atoms with van der Waals surface area (Å²) in [5.41, 5.74) is -2.31. The fourth-order valence-electron chi connectivity index (χ4n) is 2.65. The third kappa shape index (κ3) is 4.88. The van der Waals surface area contributed by atoms with E-state index in [-0.39, 0.29) is 0 Å². The molecule has 0 saturated carbocycles. The molecule has 2 aromatic rings. The Morgan fingerprint density at radius 1 is 1.00 bits per heavy atom. The number of alkyl halides is 1. The van der Waals surface area contributed by atoms with E-state index in [9.17, 15) is 26.3 Å². The molecule has 0 heterocycles. The van der Waals surface area contributed by atoms with E-state index < -0.39 is 62.9 Å². The summed E-state index contributed by atoms with van der Waals surface area (Å²) < 4.78 is 85.1. The van der Waals surface area contributed by atoms with Crippen molar-refractivity contribution < 1.29 is 26.3 Å². The van der Waals surface area contributed by atoms with Gasteiger partial charge in [0.25, 0.3) is 0 Å². The predicted octanol–water partition coefficient (Wildman–Crippen LogP) is 6.02. The molecule has 3 N–H and O–H groups in total. The second kappa shape index (κ2) is 9.86. The van der Waals surface area contributed by atoms with Crippen molar-refractivity contribution in [2.24, 2.45) is 5.84 Å². The molecule has 0 amide bonds. The average Bonchev–Trinajstić information content (AvgIpc) is 2.68. The first-order valence-electron chi connectivity index (χ1n) is 8.29. The molecule has 0 aliphatic carbocycles. The van der Waals surface area contributed by atoms with Crippen LogP contribution in [0.2, 0.25) is 0 Å². The van der Waals surface area contributed by atoms with Gasteiger partial charge < -0.3 is 5.32 Å². The highest BCUT2D eigenvalue weighted by Gasteiger charge is 2.34. The summed E-state index contributed by atoms with van der Waals surface area (Å²) >= 11 is 3.01. The Morgan fingerprint density at radius 2 is 1.47 bits per heavy atom. The van der Waals surface area contributed by atoms with Crippen molar-refractivity contribution in [1.82, 2.24) is 0 Å². The van der Waals surface area contributed by atoms with Crippen LogP contribution in [0.15, 0.2) is 72.9 Å². The van der Waals surface area contributed by atoms with E-state index >= 15 is 0 Å². The normalized spacial score (nSPS) is 13.9. The zero-order valence-corrected chi connectivity index (χ0v) is 16.9. The van der Waals surface area contributed by atoms with Crippen LogP contribution in [0.25, 0.3) is 0 Å². The van der Waals surface area contributed by atoms with Crippen LogP contribution in [-0.4, -0.2) is 11.0 Å². The Kier molecular flexibility index (Phi) is 7.74. The third-order valence-corrected chi connectivity index (χ3v) is 5.01. The molecule has 0 saturated heterocycles. The SMILES string of the molecule is C=C/C(F)=C(\C(=C)F)[C@H](Nc1c(F)cccc1F)[C@@H](Br)N(N)c1c(F)cccc1F. The van der Waals surface area contributed by atoms with Gasteiger partial charge in [0.1, 0.15) is 39.6 Å². The topological polar surface area (TPSA) is 41.3 Å². The molecule has 0 fully saturated rings. The molecule has 0 unspecified atom stereocenters. The number of hydrogen-bond acceptors (Lipinski definition) is 3. The molecule has 3 nitrogen and oxygen atoms in total. The molecule has 0 aromatic heterocycles. The van der Waals surface area contributed by atoms with Crippen LogP contribution in [-0.2, 0) is 0 Å². The van der Waals surface area contributed by atoms with E-state index in [1.807, 2.05) is 0 Å². The molecule has 2 rings (SSSR count). The maximum atomic E-state index is 14.4. The fraction of sp³-hybridized carbons (Fsp3) is 0.100. The number of anilines is 2. The Balaban J connectivity index is 2.63. The van der Waals surface area contributed by atoms with Crippen LogP contribution in [0.3, 0.4) is 0 Å². The number of allylic oxidation sites excluding steroid dienone is 2. The highest BCUT2D eigenvalue weighted by molar-refractivity contribution is 9.09. The van der Waals surface area contributed by atoms with Crippen molar-refractivity contribution in [1.29, 1.82) is 0 Å². The lowest BCUT2D eigenvalue weighted by Crippen LogP contribution is -2.49. The predicted molar refractivity (Wildman–Crippen MR) is 108 cm³/mol. The quantitative estimate of drug-likeness (QED) is 0.118. The molecule has 0 spiro atoms. The molecule has 2 aromatic carbocycles. The molecular formula is C20H16BrF6N3. The summed E-state index contributed by atoms with van der Waals surface area (Å²) in [6.07, 6.45) is 0.636. The Morgan fingerprint density at radius 3 is 1.90 bits per heavy atom. The van der Waals surface area contributed by atoms with Crippen LogP contribution in [0.1, 0.15) is 0 Å². The maximum Gasteiger partial charge on any atom is 0.150 e. The van der Waals surface area contributed by atoms with E-state index in [4.69, 9.17) is 5.84 Å². The lowest BCUT2D eigenvalue weighted by Gasteiger charge is -2.34. The van der Waals surface area contributed by atoms with Crippen LogP contribution >= 0.6 is 15.9 Å². The standard InChI is InChI=1S/C20H16BrF6N3/c1-3-11(23)16(10(2)22)18(29-17-12(24)6-4-7-13(17)25)20(21)30(28)19-14(26)8-5-9-15(19)27/h3-9,18,20,29H,1-2,28H2/b16-11-/t18-,20-/m0/s1. The van der Waals surface area contributed by atoms with Crippen molar-refractivity contribution in [2.75, 3.05) is 10.3 Å². The van der Waals surface area contributed by atoms with Crippen LogP contribution in [0, 0.1) is 23.3 Å². The van der Waals surface area contributed by atoms with Crippen LogP contribution < -0.4 is 16.2 Å². The zero-order valence-electron chi connectivity index (χ0n) is 15.3. The van der Waals surface area contributed by atoms with Gasteiger partial charge in [0, 0.05) is 5.57 Å². The number of benzene rings is 2. The van der Waals surface area contributed by atoms with Gasteiger partial charge in [-0.2, -0.15) is 0 Å². The van der Waals surface area contributed by atoms with Crippen LogP contribution in [0.4, 0.5) is 37.7 Å². The number of nitrogens with zero attached hydrogens (tertiary/aromatic N) is 1. The monoisotopic (exact) mass is 491 g/mol. The lowest BCUT2D eigenvalue weighted by molar-refractivity contribution is 0.545. The summed E-state index contributed by atoms with van der Waals surface area (Å²) in [5, 5.41) is 2.78. The minimum atomic E-state index is -1.71. The average molecular weight is 492 g/mol. The molecular weight excluding hydrogens is 476 g/mol. The molecule has 0 aliphatic rings. The smallest absolute Gasteiger partial charge is 0.150 e. The molecule has 2 atom stereocenters. The lowest BCUT2D eigenvalue weighted by atomic mass is 10.0. The first-order valence-corrected chi connectivity index (χ1v) is 9.21. The fourth-order valence-corrected chi connectivity index (χ4v) is 3.25. The Hall–Kier alpha value is -2.72. The number of para-hydroxylation sites is 2. The summed E-state index contributed by atoms with van der Waals surface area (Å²) in [4.78, 5) is -1.52. The molecule has 30 heavy (non-hydrogen) atoms. The second-order valence-electron chi connectivity index (χ2n) is 5.94. The van der Waals surface area contributed by atoms with Gasteiger partial charge in [-0.15, -0.1) is 0 Å². The largest absolute Gasteiger partial charge is 0.370 e. The molecule has 10 heteroatoms. The van der Waals surface area contributed by atoms with Crippen molar-refractivity contribution in [3.8, 4) is 0 Å². The van der Waals surface area contributed by atoms with E-state index in [2.05, 4.69) is 34.4 Å². The number of rotatable bonds is 8. The number of nitrogens with one attached hydrogen (secondary N) is 1. The summed E-state index contributed by atoms with van der Waals surface area (Å²) in [7, 11) is 0. The molecule has 0 bridgehead atoms. The molecule has 0 aliphatic heterocycles. The van der Waals surface area contributed by atoms with Gasteiger partial charge in [-0.1, -0.05) is 41.2 Å².